The van der Waals surface area contributed by atoms with Gasteiger partial charge < -0.3 is 5.32 Å². The topological polar surface area (TPSA) is 42.0 Å². The average molecular weight is 285 g/mol. The lowest BCUT2D eigenvalue weighted by molar-refractivity contribution is 0.0904. The molecule has 1 heterocycles. The molecular weight excluding hydrogens is 268 g/mol. The highest BCUT2D eigenvalue weighted by Crippen LogP contribution is 2.12. The van der Waals surface area contributed by atoms with Crippen LogP contribution in [0.2, 0.25) is 0 Å². The molecule has 1 aromatic heterocycles. The van der Waals surface area contributed by atoms with Gasteiger partial charge in [-0.15, -0.1) is 0 Å². The summed E-state index contributed by atoms with van der Waals surface area (Å²) in [7, 11) is 0. The summed E-state index contributed by atoms with van der Waals surface area (Å²) in [6, 6.07) is 3.52. The largest absolute Gasteiger partial charge is 0.346 e. The minimum atomic E-state index is -0.180. The second-order valence-electron chi connectivity index (χ2n) is 4.45. The van der Waals surface area contributed by atoms with Crippen LogP contribution in [0.3, 0.4) is 0 Å². The van der Waals surface area contributed by atoms with E-state index in [4.69, 9.17) is 0 Å². The maximum atomic E-state index is 11.9. The van der Waals surface area contributed by atoms with Gasteiger partial charge in [0.05, 0.1) is 0 Å². The molecule has 0 aromatic carbocycles. The van der Waals surface area contributed by atoms with Gasteiger partial charge in [-0.1, -0.05) is 13.3 Å². The molecule has 0 aliphatic heterocycles. The lowest BCUT2D eigenvalue weighted by Gasteiger charge is -2.25. The molecule has 0 saturated heterocycles. The molecule has 0 atom stereocenters. The van der Waals surface area contributed by atoms with E-state index in [0.717, 1.165) is 17.3 Å². The molecule has 1 rings (SSSR count). The van der Waals surface area contributed by atoms with Crippen molar-refractivity contribution in [1.82, 2.24) is 10.3 Å². The molecule has 1 aromatic rings. The van der Waals surface area contributed by atoms with E-state index >= 15 is 0 Å². The Kier molecular flexibility index (Phi) is 4.47. The molecule has 16 heavy (non-hydrogen) atoms. The van der Waals surface area contributed by atoms with Crippen molar-refractivity contribution >= 4 is 21.8 Å². The van der Waals surface area contributed by atoms with Crippen LogP contribution in [0.25, 0.3) is 0 Å². The summed E-state index contributed by atoms with van der Waals surface area (Å²) >= 11 is 3.29. The number of nitrogens with zero attached hydrogens (tertiary/aromatic N) is 1. The lowest BCUT2D eigenvalue weighted by atomic mass is 9.99. The molecule has 0 radical (unpaired) electrons. The zero-order valence-corrected chi connectivity index (χ0v) is 11.5. The number of aromatic nitrogens is 1. The first-order chi connectivity index (χ1) is 7.44. The highest BCUT2D eigenvalue weighted by atomic mass is 79.9. The second-order valence-corrected chi connectivity index (χ2v) is 5.37. The average Bonchev–Trinajstić information content (AvgIpc) is 2.17. The van der Waals surface area contributed by atoms with Crippen LogP contribution in [0, 0.1) is 0 Å². The molecule has 1 N–H and O–H groups in total. The van der Waals surface area contributed by atoms with E-state index in [2.05, 4.69) is 33.2 Å². The number of hydrogen-bond acceptors (Lipinski definition) is 2. The number of hydrogen-bond donors (Lipinski definition) is 1. The fourth-order valence-corrected chi connectivity index (χ4v) is 1.80. The first kappa shape index (κ1) is 13.2. The summed E-state index contributed by atoms with van der Waals surface area (Å²) < 4.78 is 0.872. The normalized spacial score (nSPS) is 11.2. The summed E-state index contributed by atoms with van der Waals surface area (Å²) in [5.74, 6) is -0.119. The number of halogens is 1. The van der Waals surface area contributed by atoms with Crippen LogP contribution >= 0.6 is 15.9 Å². The van der Waals surface area contributed by atoms with E-state index in [-0.39, 0.29) is 11.4 Å². The van der Waals surface area contributed by atoms with Crippen LogP contribution in [0.5, 0.6) is 0 Å². The summed E-state index contributed by atoms with van der Waals surface area (Å²) in [6.07, 6.45) is 3.62. The van der Waals surface area contributed by atoms with E-state index in [1.807, 2.05) is 19.9 Å². The molecule has 0 saturated carbocycles. The predicted octanol–water partition coefficient (Wildman–Crippen LogP) is 3.15. The van der Waals surface area contributed by atoms with Gasteiger partial charge in [0.2, 0.25) is 0 Å². The van der Waals surface area contributed by atoms with Gasteiger partial charge in [-0.05, 0) is 48.3 Å². The van der Waals surface area contributed by atoms with Gasteiger partial charge >= 0.3 is 0 Å². The van der Waals surface area contributed by atoms with E-state index < -0.39 is 0 Å². The number of carbonyl (C=O) groups excluding carboxylic acids is 1. The van der Waals surface area contributed by atoms with Gasteiger partial charge in [-0.3, -0.25) is 4.79 Å². The van der Waals surface area contributed by atoms with Crippen LogP contribution in [0.15, 0.2) is 22.8 Å². The molecule has 88 valence electrons. The molecule has 0 fully saturated rings. The third-order valence-electron chi connectivity index (χ3n) is 2.29. The molecule has 0 unspecified atom stereocenters. The molecule has 0 bridgehead atoms. The van der Waals surface area contributed by atoms with Crippen LogP contribution < -0.4 is 5.32 Å². The quantitative estimate of drug-likeness (QED) is 0.923. The van der Waals surface area contributed by atoms with Crippen molar-refractivity contribution < 1.29 is 4.79 Å². The monoisotopic (exact) mass is 284 g/mol. The third-order valence-corrected chi connectivity index (χ3v) is 2.76. The summed E-state index contributed by atoms with van der Waals surface area (Å²) in [4.78, 5) is 15.9. The smallest absolute Gasteiger partial charge is 0.270 e. The Hall–Kier alpha value is -0.900. The van der Waals surface area contributed by atoms with Crippen molar-refractivity contribution in [2.45, 2.75) is 39.2 Å². The second kappa shape index (κ2) is 5.43. The van der Waals surface area contributed by atoms with E-state index in [0.29, 0.717) is 5.69 Å². The minimum Gasteiger partial charge on any atom is -0.346 e. The van der Waals surface area contributed by atoms with Crippen LogP contribution in [-0.2, 0) is 0 Å². The van der Waals surface area contributed by atoms with Crippen molar-refractivity contribution in [3.63, 3.8) is 0 Å². The number of pyridine rings is 1. The van der Waals surface area contributed by atoms with Crippen molar-refractivity contribution in [3.05, 3.63) is 28.5 Å². The molecule has 0 aliphatic carbocycles. The Morgan fingerprint density at radius 2 is 2.19 bits per heavy atom. The number of amides is 1. The maximum absolute atomic E-state index is 11.9. The number of nitrogens with one attached hydrogen (secondary N) is 1. The Bertz CT molecular complexity index is 360. The Labute approximate surface area is 105 Å². The van der Waals surface area contributed by atoms with Gasteiger partial charge in [-0.25, -0.2) is 4.98 Å². The van der Waals surface area contributed by atoms with Crippen LogP contribution in [0.1, 0.15) is 44.1 Å². The van der Waals surface area contributed by atoms with Crippen LogP contribution in [0.4, 0.5) is 0 Å². The summed E-state index contributed by atoms with van der Waals surface area (Å²) in [6.45, 7) is 6.15. The Balaban J connectivity index is 2.69. The zero-order chi connectivity index (χ0) is 12.2. The minimum absolute atomic E-state index is 0.119. The SMILES string of the molecule is CCCC(C)(C)NC(=O)c1ccc(Br)cn1. The van der Waals surface area contributed by atoms with Crippen LogP contribution in [-0.4, -0.2) is 16.4 Å². The molecule has 4 heteroatoms. The summed E-state index contributed by atoms with van der Waals surface area (Å²) in [5, 5.41) is 2.98. The highest BCUT2D eigenvalue weighted by Gasteiger charge is 2.20. The fraction of sp³-hybridized carbons (Fsp3) is 0.500. The highest BCUT2D eigenvalue weighted by molar-refractivity contribution is 9.10. The van der Waals surface area contributed by atoms with Crippen molar-refractivity contribution in [2.75, 3.05) is 0 Å². The van der Waals surface area contributed by atoms with Crippen molar-refractivity contribution in [2.24, 2.45) is 0 Å². The van der Waals surface area contributed by atoms with Gasteiger partial charge in [0.15, 0.2) is 0 Å². The van der Waals surface area contributed by atoms with Crippen molar-refractivity contribution in [3.8, 4) is 0 Å². The van der Waals surface area contributed by atoms with E-state index in [9.17, 15) is 4.79 Å². The third kappa shape index (κ3) is 3.93. The molecule has 0 spiro atoms. The summed E-state index contributed by atoms with van der Waals surface area (Å²) in [5.41, 5.74) is 0.271. The zero-order valence-electron chi connectivity index (χ0n) is 9.88. The van der Waals surface area contributed by atoms with E-state index in [1.54, 1.807) is 12.3 Å². The Morgan fingerprint density at radius 3 is 2.69 bits per heavy atom. The standard InChI is InChI=1S/C12H17BrN2O/c1-4-7-12(2,3)15-11(16)10-6-5-9(13)8-14-10/h5-6,8H,4,7H2,1-3H3,(H,15,16). The first-order valence-electron chi connectivity index (χ1n) is 5.38. The van der Waals surface area contributed by atoms with Crippen molar-refractivity contribution in [1.29, 1.82) is 0 Å². The van der Waals surface area contributed by atoms with Gasteiger partial charge in [0, 0.05) is 16.2 Å². The molecular formula is C12H17BrN2O. The number of rotatable bonds is 4. The lowest BCUT2D eigenvalue weighted by Crippen LogP contribution is -2.43. The van der Waals surface area contributed by atoms with Gasteiger partial charge in [-0.2, -0.15) is 0 Å². The fourth-order valence-electron chi connectivity index (χ4n) is 1.57. The molecule has 3 nitrogen and oxygen atoms in total. The molecule has 0 aliphatic rings. The van der Waals surface area contributed by atoms with Gasteiger partial charge in [0.25, 0.3) is 5.91 Å². The number of carbonyl (C=O) groups is 1. The Morgan fingerprint density at radius 1 is 1.50 bits per heavy atom. The maximum Gasteiger partial charge on any atom is 0.270 e. The van der Waals surface area contributed by atoms with Gasteiger partial charge in [0.1, 0.15) is 5.69 Å². The molecule has 1 amide bonds. The van der Waals surface area contributed by atoms with E-state index in [1.165, 1.54) is 0 Å². The predicted molar refractivity (Wildman–Crippen MR) is 68.4 cm³/mol. The first-order valence-corrected chi connectivity index (χ1v) is 6.18.